The van der Waals surface area contributed by atoms with Crippen molar-refractivity contribution in [2.24, 2.45) is 23.7 Å². The number of halogens is 1. The molecule has 3 unspecified atom stereocenters. The zero-order chi connectivity index (χ0) is 30.1. The Morgan fingerprint density at radius 2 is 1.90 bits per heavy atom. The van der Waals surface area contributed by atoms with Gasteiger partial charge in [0.25, 0.3) is 5.91 Å². The van der Waals surface area contributed by atoms with Gasteiger partial charge in [0.15, 0.2) is 0 Å². The van der Waals surface area contributed by atoms with Crippen molar-refractivity contribution < 1.29 is 19.5 Å². The third kappa shape index (κ3) is 5.14. The van der Waals surface area contributed by atoms with Gasteiger partial charge in [0.2, 0.25) is 11.8 Å². The van der Waals surface area contributed by atoms with Crippen LogP contribution in [0.25, 0.3) is 0 Å². The van der Waals surface area contributed by atoms with E-state index in [0.29, 0.717) is 23.8 Å². The molecule has 1 spiro atoms. The molecule has 3 amide bonds. The first-order chi connectivity index (χ1) is 19.6. The fourth-order valence-corrected chi connectivity index (χ4v) is 10.0. The van der Waals surface area contributed by atoms with Crippen LogP contribution in [0.3, 0.4) is 0 Å². The lowest BCUT2D eigenvalue weighted by Crippen LogP contribution is -2.60. The molecule has 7 nitrogen and oxygen atoms in total. The minimum atomic E-state index is -0.857. The molecule has 0 saturated carbocycles. The van der Waals surface area contributed by atoms with Gasteiger partial charge in [-0.2, -0.15) is 0 Å². The highest BCUT2D eigenvalue weighted by atomic mass is 35.5. The Morgan fingerprint density at radius 3 is 2.49 bits per heavy atom. The van der Waals surface area contributed by atoms with Gasteiger partial charge in [-0.15, -0.1) is 24.9 Å². The molecule has 0 aromatic heterocycles. The van der Waals surface area contributed by atoms with E-state index < -0.39 is 28.7 Å². The van der Waals surface area contributed by atoms with E-state index in [-0.39, 0.29) is 48.0 Å². The molecule has 2 bridgehead atoms. The monoisotopic (exact) mass is 601 g/mol. The molecule has 3 fully saturated rings. The summed E-state index contributed by atoms with van der Waals surface area (Å²) in [6, 6.07) is 5.76. The molecule has 3 heterocycles. The van der Waals surface area contributed by atoms with E-state index in [1.807, 2.05) is 32.9 Å². The van der Waals surface area contributed by atoms with Crippen molar-refractivity contribution in [3.8, 4) is 0 Å². The zero-order valence-electron chi connectivity index (χ0n) is 24.7. The average Bonchev–Trinajstić information content (AvgIpc) is 3.55. The summed E-state index contributed by atoms with van der Waals surface area (Å²) < 4.78 is -0.799. The summed E-state index contributed by atoms with van der Waals surface area (Å²) in [7, 11) is 0. The number of aliphatic hydroxyl groups is 1. The van der Waals surface area contributed by atoms with E-state index in [9.17, 15) is 19.5 Å². The number of likely N-dealkylation sites (tertiary alicyclic amines) is 1. The number of nitrogens with zero attached hydrogens (tertiary/aromatic N) is 3. The Hall–Kier alpha value is -2.29. The van der Waals surface area contributed by atoms with Crippen LogP contribution >= 0.6 is 23.4 Å². The van der Waals surface area contributed by atoms with Gasteiger partial charge in [0, 0.05) is 24.9 Å². The molecule has 3 aliphatic heterocycles. The Morgan fingerprint density at radius 1 is 1.22 bits per heavy atom. The van der Waals surface area contributed by atoms with Gasteiger partial charge < -0.3 is 19.8 Å². The molecule has 1 aromatic rings. The van der Waals surface area contributed by atoms with E-state index >= 15 is 0 Å². The topological polar surface area (TPSA) is 81.2 Å². The first-order valence-electron chi connectivity index (χ1n) is 14.8. The number of anilines is 1. The molecule has 41 heavy (non-hydrogen) atoms. The number of para-hydroxylation sites is 1. The van der Waals surface area contributed by atoms with Gasteiger partial charge >= 0.3 is 0 Å². The summed E-state index contributed by atoms with van der Waals surface area (Å²) in [5, 5.41) is 11.0. The number of carbonyl (C=O) groups excluding carboxylic acids is 3. The van der Waals surface area contributed by atoms with Gasteiger partial charge in [-0.25, -0.2) is 0 Å². The molecule has 4 rings (SSSR count). The van der Waals surface area contributed by atoms with E-state index in [0.717, 1.165) is 19.3 Å². The van der Waals surface area contributed by atoms with Crippen LogP contribution in [0.2, 0.25) is 5.02 Å². The molecule has 8 atom stereocenters. The quantitative estimate of drug-likeness (QED) is 0.321. The average molecular weight is 602 g/mol. The smallest absolute Gasteiger partial charge is 0.251 e. The maximum atomic E-state index is 14.9. The summed E-state index contributed by atoms with van der Waals surface area (Å²) in [5.74, 6) is -1.70. The van der Waals surface area contributed by atoms with E-state index in [2.05, 4.69) is 20.1 Å². The molecular formula is C32H44ClN3O4S. The first-order valence-corrected chi connectivity index (χ1v) is 16.1. The third-order valence-electron chi connectivity index (χ3n) is 9.42. The molecule has 0 aliphatic carbocycles. The van der Waals surface area contributed by atoms with Crippen LogP contribution in [0.5, 0.6) is 0 Å². The maximum absolute atomic E-state index is 14.9. The number of carbonyl (C=O) groups is 3. The lowest BCUT2D eigenvalue weighted by atomic mass is 9.65. The second-order valence-electron chi connectivity index (χ2n) is 11.7. The largest absolute Gasteiger partial charge is 0.394 e. The highest BCUT2D eigenvalue weighted by molar-refractivity contribution is 8.02. The molecule has 9 heteroatoms. The number of rotatable bonds is 13. The first kappa shape index (κ1) is 31.6. The lowest BCUT2D eigenvalue weighted by Gasteiger charge is -2.43. The highest BCUT2D eigenvalue weighted by Gasteiger charge is 2.77. The van der Waals surface area contributed by atoms with E-state index in [1.54, 1.807) is 50.7 Å². The standard InChI is InChI=1S/C32H44ClN3O4S/c1-7-15-34(16-8-2)29(38)26-25-18-21(6)32(41-25)27(26)30(39)36(24(19-37)20(5)10-4)28(32)31(40)35(17-9-3)23-14-12-11-13-22(23)33/h7,9,11-14,20-21,24-28,37H,1,3,8,10,15-19H2,2,4-6H3/t20-,21?,24-,25+,26-,27-,28?,32?/m0/s1. The zero-order valence-corrected chi connectivity index (χ0v) is 26.2. The van der Waals surface area contributed by atoms with Crippen LogP contribution in [0, 0.1) is 23.7 Å². The second kappa shape index (κ2) is 12.9. The minimum absolute atomic E-state index is 0.0154. The number of fused-ring (bicyclic) bond motifs is 1. The van der Waals surface area contributed by atoms with Crippen LogP contribution in [0.1, 0.15) is 47.0 Å². The molecule has 0 radical (unpaired) electrons. The lowest BCUT2D eigenvalue weighted by molar-refractivity contribution is -0.146. The van der Waals surface area contributed by atoms with Gasteiger partial charge in [0.1, 0.15) is 6.04 Å². The summed E-state index contributed by atoms with van der Waals surface area (Å²) in [4.78, 5) is 48.8. The fourth-order valence-electron chi connectivity index (χ4n) is 7.38. The van der Waals surface area contributed by atoms with Crippen molar-refractivity contribution in [2.45, 2.75) is 69.0 Å². The van der Waals surface area contributed by atoms with Gasteiger partial charge in [0.05, 0.1) is 39.9 Å². The minimum Gasteiger partial charge on any atom is -0.394 e. The molecular weight excluding hydrogens is 558 g/mol. The Labute approximate surface area is 254 Å². The number of benzene rings is 1. The highest BCUT2D eigenvalue weighted by Crippen LogP contribution is 2.69. The summed E-state index contributed by atoms with van der Waals surface area (Å²) in [5.41, 5.74) is 0.549. The van der Waals surface area contributed by atoms with E-state index in [1.165, 1.54) is 0 Å². The number of hydrogen-bond donors (Lipinski definition) is 1. The van der Waals surface area contributed by atoms with Crippen LogP contribution in [-0.4, -0.2) is 80.9 Å². The molecule has 3 saturated heterocycles. The van der Waals surface area contributed by atoms with Crippen LogP contribution in [0.15, 0.2) is 49.6 Å². The van der Waals surface area contributed by atoms with Crippen LogP contribution < -0.4 is 4.90 Å². The Bertz CT molecular complexity index is 1180. The molecule has 1 aromatic carbocycles. The molecule has 224 valence electrons. The summed E-state index contributed by atoms with van der Waals surface area (Å²) in [6.07, 6.45) is 5.65. The number of hydrogen-bond acceptors (Lipinski definition) is 5. The Kier molecular flexibility index (Phi) is 9.97. The number of aliphatic hydroxyl groups excluding tert-OH is 1. The molecule has 1 N–H and O–H groups in total. The van der Waals surface area contributed by atoms with Gasteiger partial charge in [-0.05, 0) is 36.8 Å². The van der Waals surface area contributed by atoms with Crippen molar-refractivity contribution in [3.05, 3.63) is 54.6 Å². The van der Waals surface area contributed by atoms with E-state index in [4.69, 9.17) is 11.6 Å². The number of amides is 3. The maximum Gasteiger partial charge on any atom is 0.251 e. The fraction of sp³-hybridized carbons (Fsp3) is 0.594. The molecule has 3 aliphatic rings. The normalized spacial score (nSPS) is 29.7. The summed E-state index contributed by atoms with van der Waals surface area (Å²) >= 11 is 8.25. The van der Waals surface area contributed by atoms with Gasteiger partial charge in [-0.1, -0.05) is 70.0 Å². The predicted octanol–water partition coefficient (Wildman–Crippen LogP) is 5.03. The number of thioether (sulfide) groups is 1. The Balaban J connectivity index is 1.89. The van der Waals surface area contributed by atoms with Crippen LogP contribution in [-0.2, 0) is 14.4 Å². The van der Waals surface area contributed by atoms with Gasteiger partial charge in [-0.3, -0.25) is 14.4 Å². The van der Waals surface area contributed by atoms with Crippen molar-refractivity contribution in [1.29, 1.82) is 0 Å². The SMILES string of the molecule is C=CCN(CCC)C(=O)[C@@H]1[C@H]2C(=O)N([C@@H](CO)[C@@H](C)CC)C(C(=O)N(CC=C)c3ccccc3Cl)C23S[C@@H]1CC3C. The van der Waals surface area contributed by atoms with Crippen LogP contribution in [0.4, 0.5) is 5.69 Å². The third-order valence-corrected chi connectivity index (χ3v) is 11.8. The predicted molar refractivity (Wildman–Crippen MR) is 167 cm³/mol. The second-order valence-corrected chi connectivity index (χ2v) is 13.7. The van der Waals surface area contributed by atoms with Crippen molar-refractivity contribution in [2.75, 3.05) is 31.1 Å². The summed E-state index contributed by atoms with van der Waals surface area (Å²) in [6.45, 7) is 16.8. The van der Waals surface area contributed by atoms with Crippen molar-refractivity contribution >= 4 is 46.8 Å². The van der Waals surface area contributed by atoms with Crippen molar-refractivity contribution in [1.82, 2.24) is 9.80 Å². The van der Waals surface area contributed by atoms with Crippen molar-refractivity contribution in [3.63, 3.8) is 0 Å².